The fourth-order valence-electron chi connectivity index (χ4n) is 2.56. The molecule has 5 nitrogen and oxygen atoms in total. The van der Waals surface area contributed by atoms with Gasteiger partial charge in [-0.15, -0.1) is 0 Å². The molecule has 0 atom stereocenters. The van der Waals surface area contributed by atoms with Gasteiger partial charge in [-0.3, -0.25) is 0 Å². The van der Waals surface area contributed by atoms with E-state index in [1.807, 2.05) is 7.05 Å². The summed E-state index contributed by atoms with van der Waals surface area (Å²) in [6, 6.07) is 4.29. The van der Waals surface area contributed by atoms with Crippen LogP contribution in [0.25, 0.3) is 0 Å². The van der Waals surface area contributed by atoms with E-state index in [2.05, 4.69) is 36.6 Å². The fraction of sp³-hybridized carbons (Fsp3) is 0.533. The molecule has 1 saturated heterocycles. The van der Waals surface area contributed by atoms with Crippen LogP contribution in [-0.4, -0.2) is 44.2 Å². The van der Waals surface area contributed by atoms with E-state index in [4.69, 9.17) is 4.74 Å². The van der Waals surface area contributed by atoms with E-state index in [1.165, 1.54) is 5.56 Å². The Bertz CT molecular complexity index is 465. The zero-order valence-corrected chi connectivity index (χ0v) is 12.5. The number of nitrogens with one attached hydrogen (secondary N) is 2. The van der Waals surface area contributed by atoms with Gasteiger partial charge in [-0.25, -0.2) is 4.79 Å². The standard InChI is InChI=1S/C15H23N3O2/c1-11-8-13(10-16-3)9-12(2)14(11)20-7-6-18-5-4-17-15(18)19/h8-9,16H,4-7,10H2,1-3H3,(H,17,19). The van der Waals surface area contributed by atoms with Gasteiger partial charge >= 0.3 is 6.03 Å². The summed E-state index contributed by atoms with van der Waals surface area (Å²) in [6.45, 7) is 7.63. The van der Waals surface area contributed by atoms with Crippen LogP contribution in [0, 0.1) is 13.8 Å². The van der Waals surface area contributed by atoms with Gasteiger partial charge in [0.1, 0.15) is 12.4 Å². The first-order chi connectivity index (χ1) is 9.61. The van der Waals surface area contributed by atoms with Gasteiger partial charge in [0.05, 0.1) is 6.54 Å². The first-order valence-corrected chi connectivity index (χ1v) is 7.02. The van der Waals surface area contributed by atoms with Gasteiger partial charge in [0, 0.05) is 19.6 Å². The normalized spacial score (nSPS) is 14.6. The predicted molar refractivity (Wildman–Crippen MR) is 79.1 cm³/mol. The molecule has 2 amide bonds. The molecule has 0 aromatic heterocycles. The molecule has 5 heteroatoms. The number of nitrogens with zero attached hydrogens (tertiary/aromatic N) is 1. The lowest BCUT2D eigenvalue weighted by molar-refractivity contribution is 0.202. The Balaban J connectivity index is 1.93. The summed E-state index contributed by atoms with van der Waals surface area (Å²) in [4.78, 5) is 13.2. The minimum Gasteiger partial charge on any atom is -0.491 e. The molecule has 20 heavy (non-hydrogen) atoms. The van der Waals surface area contributed by atoms with Crippen molar-refractivity contribution < 1.29 is 9.53 Å². The summed E-state index contributed by atoms with van der Waals surface area (Å²) in [5.74, 6) is 0.935. The van der Waals surface area contributed by atoms with E-state index < -0.39 is 0 Å². The summed E-state index contributed by atoms with van der Waals surface area (Å²) in [5, 5.41) is 5.94. The van der Waals surface area contributed by atoms with Crippen LogP contribution in [0.2, 0.25) is 0 Å². The highest BCUT2D eigenvalue weighted by Gasteiger charge is 2.18. The van der Waals surface area contributed by atoms with Crippen LogP contribution < -0.4 is 15.4 Å². The average molecular weight is 277 g/mol. The summed E-state index contributed by atoms with van der Waals surface area (Å²) < 4.78 is 5.87. The van der Waals surface area contributed by atoms with Gasteiger partial charge in [0.2, 0.25) is 0 Å². The van der Waals surface area contributed by atoms with E-state index in [1.54, 1.807) is 4.90 Å². The fourth-order valence-corrected chi connectivity index (χ4v) is 2.56. The van der Waals surface area contributed by atoms with Crippen molar-refractivity contribution in [3.8, 4) is 5.75 Å². The summed E-state index contributed by atoms with van der Waals surface area (Å²) >= 11 is 0. The third kappa shape index (κ3) is 3.42. The number of rotatable bonds is 6. The van der Waals surface area contributed by atoms with Gasteiger partial charge in [-0.05, 0) is 37.6 Å². The molecule has 1 aliphatic heterocycles. The Morgan fingerprint density at radius 2 is 2.05 bits per heavy atom. The number of benzene rings is 1. The first kappa shape index (κ1) is 14.7. The molecule has 0 radical (unpaired) electrons. The van der Waals surface area contributed by atoms with Crippen molar-refractivity contribution in [3.05, 3.63) is 28.8 Å². The number of carbonyl (C=O) groups excluding carboxylic acids is 1. The van der Waals surface area contributed by atoms with Gasteiger partial charge in [0.15, 0.2) is 0 Å². The second-order valence-corrected chi connectivity index (χ2v) is 5.16. The van der Waals surface area contributed by atoms with Crippen molar-refractivity contribution in [1.29, 1.82) is 0 Å². The smallest absolute Gasteiger partial charge is 0.317 e. The zero-order valence-electron chi connectivity index (χ0n) is 12.5. The first-order valence-electron chi connectivity index (χ1n) is 7.02. The minimum absolute atomic E-state index is 0.00594. The highest BCUT2D eigenvalue weighted by molar-refractivity contribution is 5.76. The Morgan fingerprint density at radius 1 is 1.35 bits per heavy atom. The number of hydrogen-bond donors (Lipinski definition) is 2. The Labute approximate surface area is 120 Å². The van der Waals surface area contributed by atoms with Crippen molar-refractivity contribution in [2.45, 2.75) is 20.4 Å². The topological polar surface area (TPSA) is 53.6 Å². The highest BCUT2D eigenvalue weighted by Crippen LogP contribution is 2.24. The molecular weight excluding hydrogens is 254 g/mol. The van der Waals surface area contributed by atoms with Crippen LogP contribution in [0.1, 0.15) is 16.7 Å². The number of aryl methyl sites for hydroxylation is 2. The summed E-state index contributed by atoms with van der Waals surface area (Å²) in [5.41, 5.74) is 3.54. The molecular formula is C15H23N3O2. The van der Waals surface area contributed by atoms with Crippen LogP contribution in [0.5, 0.6) is 5.75 Å². The van der Waals surface area contributed by atoms with E-state index in [-0.39, 0.29) is 6.03 Å². The number of urea groups is 1. The molecule has 1 heterocycles. The molecule has 110 valence electrons. The molecule has 2 N–H and O–H groups in total. The van der Waals surface area contributed by atoms with Crippen LogP contribution >= 0.6 is 0 Å². The number of hydrogen-bond acceptors (Lipinski definition) is 3. The lowest BCUT2D eigenvalue weighted by Crippen LogP contribution is -2.32. The Morgan fingerprint density at radius 3 is 2.60 bits per heavy atom. The molecule has 1 aromatic carbocycles. The lowest BCUT2D eigenvalue weighted by atomic mass is 10.1. The van der Waals surface area contributed by atoms with Gasteiger partial charge in [-0.1, -0.05) is 12.1 Å². The number of carbonyl (C=O) groups is 1. The van der Waals surface area contributed by atoms with E-state index in [0.29, 0.717) is 13.2 Å². The van der Waals surface area contributed by atoms with Crippen LogP contribution in [-0.2, 0) is 6.54 Å². The molecule has 0 aliphatic carbocycles. The van der Waals surface area contributed by atoms with E-state index in [0.717, 1.165) is 36.5 Å². The van der Waals surface area contributed by atoms with Crippen molar-refractivity contribution in [1.82, 2.24) is 15.5 Å². The average Bonchev–Trinajstić information content (AvgIpc) is 2.79. The maximum Gasteiger partial charge on any atom is 0.317 e. The third-order valence-electron chi connectivity index (χ3n) is 3.45. The molecule has 0 unspecified atom stereocenters. The summed E-state index contributed by atoms with van der Waals surface area (Å²) in [6.07, 6.45) is 0. The Hall–Kier alpha value is -1.75. The van der Waals surface area contributed by atoms with Crippen LogP contribution in [0.3, 0.4) is 0 Å². The molecule has 1 fully saturated rings. The molecule has 2 rings (SSSR count). The van der Waals surface area contributed by atoms with Gasteiger partial charge < -0.3 is 20.3 Å². The number of ether oxygens (including phenoxy) is 1. The van der Waals surface area contributed by atoms with Crippen LogP contribution in [0.15, 0.2) is 12.1 Å². The minimum atomic E-state index is 0.00594. The second-order valence-electron chi connectivity index (χ2n) is 5.16. The third-order valence-corrected chi connectivity index (χ3v) is 3.45. The van der Waals surface area contributed by atoms with Crippen molar-refractivity contribution in [2.75, 3.05) is 33.3 Å². The zero-order chi connectivity index (χ0) is 14.5. The molecule has 0 bridgehead atoms. The van der Waals surface area contributed by atoms with Gasteiger partial charge in [-0.2, -0.15) is 0 Å². The SMILES string of the molecule is CNCc1cc(C)c(OCCN2CCNC2=O)c(C)c1. The maximum absolute atomic E-state index is 11.4. The summed E-state index contributed by atoms with van der Waals surface area (Å²) in [7, 11) is 1.94. The monoisotopic (exact) mass is 277 g/mol. The quantitative estimate of drug-likeness (QED) is 0.827. The lowest BCUT2D eigenvalue weighted by Gasteiger charge is -2.17. The van der Waals surface area contributed by atoms with Crippen LogP contribution in [0.4, 0.5) is 4.79 Å². The highest BCUT2D eigenvalue weighted by atomic mass is 16.5. The van der Waals surface area contributed by atoms with Crippen molar-refractivity contribution >= 4 is 6.03 Å². The molecule has 1 aliphatic rings. The van der Waals surface area contributed by atoms with Crippen molar-refractivity contribution in [2.24, 2.45) is 0 Å². The van der Waals surface area contributed by atoms with E-state index >= 15 is 0 Å². The number of amides is 2. The molecule has 0 spiro atoms. The predicted octanol–water partition coefficient (Wildman–Crippen LogP) is 1.43. The van der Waals surface area contributed by atoms with E-state index in [9.17, 15) is 4.79 Å². The largest absolute Gasteiger partial charge is 0.491 e. The second kappa shape index (κ2) is 6.61. The van der Waals surface area contributed by atoms with Crippen molar-refractivity contribution in [3.63, 3.8) is 0 Å². The maximum atomic E-state index is 11.4. The molecule has 1 aromatic rings. The van der Waals surface area contributed by atoms with Gasteiger partial charge in [0.25, 0.3) is 0 Å². The molecule has 0 saturated carbocycles. The Kier molecular flexibility index (Phi) is 4.84.